The van der Waals surface area contributed by atoms with E-state index in [0.29, 0.717) is 11.3 Å². The van der Waals surface area contributed by atoms with Crippen LogP contribution in [-0.4, -0.2) is 17.9 Å². The third-order valence-corrected chi connectivity index (χ3v) is 2.94. The summed E-state index contributed by atoms with van der Waals surface area (Å²) in [5.74, 6) is 3.57. The first kappa shape index (κ1) is 14.4. The Kier molecular flexibility index (Phi) is 4.11. The van der Waals surface area contributed by atoms with E-state index in [1.165, 1.54) is 24.2 Å². The number of nitrogen functional groups attached to an aromatic ring is 1. The van der Waals surface area contributed by atoms with Gasteiger partial charge in [0.2, 0.25) is 0 Å². The molecule has 0 atom stereocenters. The number of benzene rings is 1. The minimum Gasteiger partial charge on any atom is -0.311 e. The molecule has 2 rings (SSSR count). The fourth-order valence-electron chi connectivity index (χ4n) is 1.77. The molecular weight excluding hydrogens is 273 g/mol. The highest BCUT2D eigenvalue weighted by Crippen LogP contribution is 2.20. The number of anilines is 2. The Labute approximate surface area is 120 Å². The Hall–Kier alpha value is -2.98. The number of nitrogens with one attached hydrogen (secondary N) is 1. The van der Waals surface area contributed by atoms with Crippen LogP contribution < -0.4 is 16.2 Å². The molecule has 106 valence electrons. The fourth-order valence-corrected chi connectivity index (χ4v) is 1.77. The Balaban J connectivity index is 2.33. The number of hydrogen-bond acceptors (Lipinski definition) is 5. The van der Waals surface area contributed by atoms with Crippen molar-refractivity contribution >= 4 is 17.4 Å². The molecule has 3 N–H and O–H groups in total. The number of hydrogen-bond donors (Lipinski definition) is 2. The summed E-state index contributed by atoms with van der Waals surface area (Å²) in [6.07, 6.45) is 1.29. The highest BCUT2D eigenvalue weighted by atomic mass is 19.1. The third kappa shape index (κ3) is 2.80. The zero-order valence-electron chi connectivity index (χ0n) is 11.2. The molecule has 0 saturated heterocycles. The number of nitrogens with zero attached hydrogens (tertiary/aromatic N) is 3. The molecule has 0 bridgehead atoms. The van der Waals surface area contributed by atoms with Gasteiger partial charge in [0, 0.05) is 18.9 Å². The van der Waals surface area contributed by atoms with Gasteiger partial charge in [0.15, 0.2) is 11.6 Å². The molecule has 0 spiro atoms. The molecule has 7 heteroatoms. The van der Waals surface area contributed by atoms with Crippen LogP contribution in [0.25, 0.3) is 0 Å². The normalized spacial score (nSPS) is 9.81. The SMILES string of the molecule is CN(C(=O)c1ccnc(NN)c1F)c1ccc(C#N)cc1. The zero-order valence-corrected chi connectivity index (χ0v) is 11.2. The number of nitriles is 1. The highest BCUT2D eigenvalue weighted by Gasteiger charge is 2.20. The van der Waals surface area contributed by atoms with Crippen LogP contribution in [0.5, 0.6) is 0 Å². The van der Waals surface area contributed by atoms with Crippen molar-refractivity contribution < 1.29 is 9.18 Å². The molecule has 1 amide bonds. The van der Waals surface area contributed by atoms with Crippen LogP contribution in [0.2, 0.25) is 0 Å². The van der Waals surface area contributed by atoms with Crippen LogP contribution in [0.3, 0.4) is 0 Å². The van der Waals surface area contributed by atoms with Crippen LogP contribution in [0, 0.1) is 17.1 Å². The van der Waals surface area contributed by atoms with Gasteiger partial charge >= 0.3 is 0 Å². The molecule has 1 aromatic heterocycles. The number of aromatic nitrogens is 1. The number of halogens is 1. The van der Waals surface area contributed by atoms with E-state index in [-0.39, 0.29) is 11.4 Å². The van der Waals surface area contributed by atoms with E-state index in [9.17, 15) is 9.18 Å². The maximum Gasteiger partial charge on any atom is 0.261 e. The average molecular weight is 285 g/mol. The zero-order chi connectivity index (χ0) is 15.4. The number of nitrogens with two attached hydrogens (primary N) is 1. The van der Waals surface area contributed by atoms with Crippen molar-refractivity contribution in [2.75, 3.05) is 17.4 Å². The topological polar surface area (TPSA) is 95.0 Å². The van der Waals surface area contributed by atoms with Gasteiger partial charge in [-0.25, -0.2) is 15.2 Å². The maximum atomic E-state index is 14.0. The molecule has 0 aliphatic heterocycles. The quantitative estimate of drug-likeness (QED) is 0.660. The minimum absolute atomic E-state index is 0.148. The van der Waals surface area contributed by atoms with E-state index in [1.807, 2.05) is 6.07 Å². The van der Waals surface area contributed by atoms with Crippen molar-refractivity contribution in [2.45, 2.75) is 0 Å². The van der Waals surface area contributed by atoms with Crippen molar-refractivity contribution in [2.24, 2.45) is 5.84 Å². The van der Waals surface area contributed by atoms with Crippen molar-refractivity contribution in [1.82, 2.24) is 4.98 Å². The standard InChI is InChI=1S/C14H12FN5O/c1-20(10-4-2-9(8-16)3-5-10)14(21)11-6-7-18-13(19-17)12(11)15/h2-7H,17H2,1H3,(H,18,19). The fraction of sp³-hybridized carbons (Fsp3) is 0.0714. The number of amides is 1. The molecule has 21 heavy (non-hydrogen) atoms. The lowest BCUT2D eigenvalue weighted by Gasteiger charge is -2.18. The number of pyridine rings is 1. The smallest absolute Gasteiger partial charge is 0.261 e. The summed E-state index contributed by atoms with van der Waals surface area (Å²) in [7, 11) is 1.51. The second kappa shape index (κ2) is 5.98. The number of carbonyl (C=O) groups is 1. The summed E-state index contributed by atoms with van der Waals surface area (Å²) in [6, 6.07) is 9.63. The first-order valence-electron chi connectivity index (χ1n) is 5.97. The lowest BCUT2D eigenvalue weighted by atomic mass is 10.2. The molecule has 6 nitrogen and oxygen atoms in total. The van der Waals surface area contributed by atoms with Gasteiger partial charge in [-0.3, -0.25) is 4.79 Å². The summed E-state index contributed by atoms with van der Waals surface area (Å²) in [4.78, 5) is 17.3. The van der Waals surface area contributed by atoms with Gasteiger partial charge in [-0.2, -0.15) is 5.26 Å². The molecule has 0 aliphatic carbocycles. The summed E-state index contributed by atoms with van der Waals surface area (Å²) in [5, 5.41) is 8.74. The second-order valence-electron chi connectivity index (χ2n) is 4.19. The summed E-state index contributed by atoms with van der Waals surface area (Å²) in [5.41, 5.74) is 2.96. The molecule has 0 fully saturated rings. The largest absolute Gasteiger partial charge is 0.311 e. The molecule has 1 heterocycles. The molecule has 0 unspecified atom stereocenters. The first-order chi connectivity index (χ1) is 10.1. The van der Waals surface area contributed by atoms with Crippen molar-refractivity contribution in [3.63, 3.8) is 0 Å². The van der Waals surface area contributed by atoms with E-state index >= 15 is 0 Å². The Morgan fingerprint density at radius 3 is 2.62 bits per heavy atom. The van der Waals surface area contributed by atoms with Gasteiger partial charge in [0.1, 0.15) is 0 Å². The van der Waals surface area contributed by atoms with Gasteiger partial charge in [0.25, 0.3) is 5.91 Å². The minimum atomic E-state index is -0.814. The van der Waals surface area contributed by atoms with E-state index in [4.69, 9.17) is 11.1 Å². The number of carbonyl (C=O) groups excluding carboxylic acids is 1. The van der Waals surface area contributed by atoms with Crippen LogP contribution in [0.15, 0.2) is 36.5 Å². The molecule has 0 aliphatic rings. The molecule has 1 aromatic carbocycles. The van der Waals surface area contributed by atoms with E-state index in [1.54, 1.807) is 24.3 Å². The first-order valence-corrected chi connectivity index (χ1v) is 5.97. The monoisotopic (exact) mass is 285 g/mol. The Morgan fingerprint density at radius 2 is 2.05 bits per heavy atom. The molecule has 2 aromatic rings. The van der Waals surface area contributed by atoms with E-state index in [2.05, 4.69) is 10.4 Å². The Morgan fingerprint density at radius 1 is 1.38 bits per heavy atom. The van der Waals surface area contributed by atoms with Gasteiger partial charge < -0.3 is 10.3 Å². The van der Waals surface area contributed by atoms with Crippen LogP contribution in [0.4, 0.5) is 15.9 Å². The molecular formula is C14H12FN5O. The van der Waals surface area contributed by atoms with Crippen LogP contribution in [-0.2, 0) is 0 Å². The van der Waals surface area contributed by atoms with Gasteiger partial charge in [-0.15, -0.1) is 0 Å². The predicted molar refractivity (Wildman–Crippen MR) is 75.9 cm³/mol. The predicted octanol–water partition coefficient (Wildman–Crippen LogP) is 1.65. The average Bonchev–Trinajstić information content (AvgIpc) is 2.54. The van der Waals surface area contributed by atoms with Crippen molar-refractivity contribution in [1.29, 1.82) is 5.26 Å². The van der Waals surface area contributed by atoms with Gasteiger partial charge in [-0.1, -0.05) is 0 Å². The van der Waals surface area contributed by atoms with Crippen LogP contribution >= 0.6 is 0 Å². The second-order valence-corrected chi connectivity index (χ2v) is 4.19. The lowest BCUT2D eigenvalue weighted by Crippen LogP contribution is -2.27. The summed E-state index contributed by atoms with van der Waals surface area (Å²) < 4.78 is 14.0. The van der Waals surface area contributed by atoms with Crippen molar-refractivity contribution in [3.8, 4) is 6.07 Å². The maximum absolute atomic E-state index is 14.0. The third-order valence-electron chi connectivity index (χ3n) is 2.94. The van der Waals surface area contributed by atoms with Crippen LogP contribution in [0.1, 0.15) is 15.9 Å². The summed E-state index contributed by atoms with van der Waals surface area (Å²) >= 11 is 0. The lowest BCUT2D eigenvalue weighted by molar-refractivity contribution is 0.0989. The van der Waals surface area contributed by atoms with Gasteiger partial charge in [-0.05, 0) is 30.3 Å². The summed E-state index contributed by atoms with van der Waals surface area (Å²) in [6.45, 7) is 0. The highest BCUT2D eigenvalue weighted by molar-refractivity contribution is 6.06. The number of hydrazine groups is 1. The van der Waals surface area contributed by atoms with E-state index in [0.717, 1.165) is 0 Å². The van der Waals surface area contributed by atoms with Crippen molar-refractivity contribution in [3.05, 3.63) is 53.5 Å². The molecule has 0 saturated carbocycles. The van der Waals surface area contributed by atoms with E-state index < -0.39 is 11.7 Å². The van der Waals surface area contributed by atoms with Gasteiger partial charge in [0.05, 0.1) is 17.2 Å². The molecule has 0 radical (unpaired) electrons. The Bertz CT molecular complexity index is 708. The number of rotatable bonds is 3.